The molecule has 1 heterocycles. The van der Waals surface area contributed by atoms with Crippen LogP contribution in [0.2, 0.25) is 0 Å². The van der Waals surface area contributed by atoms with Crippen LogP contribution in [0.4, 0.5) is 0 Å². The van der Waals surface area contributed by atoms with Crippen LogP contribution in [-0.4, -0.2) is 81.4 Å². The normalized spacial score (nSPS) is 36.8. The van der Waals surface area contributed by atoms with Crippen molar-refractivity contribution >= 4 is 23.9 Å². The molecule has 5 rings (SSSR count). The zero-order valence-corrected chi connectivity index (χ0v) is 25.5. The second-order valence-corrected chi connectivity index (χ2v) is 12.8. The number of esters is 4. The van der Waals surface area contributed by atoms with Crippen LogP contribution in [0.25, 0.3) is 0 Å². The van der Waals surface area contributed by atoms with E-state index in [-0.39, 0.29) is 17.5 Å². The number of fused-ring (bicyclic) bond motifs is 1. The molecule has 236 valence electrons. The topological polar surface area (TPSA) is 155 Å². The first-order chi connectivity index (χ1) is 20.6. The van der Waals surface area contributed by atoms with Crippen LogP contribution in [0.5, 0.6) is 0 Å². The van der Waals surface area contributed by atoms with Gasteiger partial charge in [0, 0.05) is 20.3 Å². The van der Waals surface area contributed by atoms with E-state index in [0.29, 0.717) is 0 Å². The van der Waals surface area contributed by atoms with Crippen LogP contribution >= 0.6 is 0 Å². The fourth-order valence-electron chi connectivity index (χ4n) is 7.88. The van der Waals surface area contributed by atoms with Crippen LogP contribution in [-0.2, 0) is 33.3 Å². The smallest absolute Gasteiger partial charge is 0.338 e. The lowest BCUT2D eigenvalue weighted by molar-refractivity contribution is -0.351. The predicted molar refractivity (Wildman–Crippen MR) is 153 cm³/mol. The van der Waals surface area contributed by atoms with Crippen molar-refractivity contribution in [3.63, 3.8) is 0 Å². The SMILES string of the molecule is CC(=O)O[C@@H]1[C@H]2[C@H](OC(=O)c3ccccc3)[C@H](OC(=O)c3ccccc3)[C@]3(C)[C@@H](OC(C)=O)[C@@H](O)C[C@@](C)(O)[C@@]13OC2(C)C. The number of hydrogen-bond donors (Lipinski definition) is 2. The number of aliphatic hydroxyl groups is 2. The molecule has 3 aliphatic rings. The predicted octanol–water partition coefficient (Wildman–Crippen LogP) is 3.00. The van der Waals surface area contributed by atoms with E-state index >= 15 is 0 Å². The maximum Gasteiger partial charge on any atom is 0.338 e. The summed E-state index contributed by atoms with van der Waals surface area (Å²) in [6.07, 6.45) is -7.41. The first-order valence-electron chi connectivity index (χ1n) is 14.5. The molecule has 0 aromatic heterocycles. The third-order valence-electron chi connectivity index (χ3n) is 9.43. The molecule has 2 aromatic rings. The largest absolute Gasteiger partial charge is 0.459 e. The summed E-state index contributed by atoms with van der Waals surface area (Å²) < 4.78 is 30.9. The van der Waals surface area contributed by atoms with Gasteiger partial charge in [-0.25, -0.2) is 9.59 Å². The lowest BCUT2D eigenvalue weighted by Gasteiger charge is -2.65. The molecule has 0 unspecified atom stereocenters. The average Bonchev–Trinajstić information content (AvgIpc) is 3.16. The molecule has 2 N–H and O–H groups in total. The van der Waals surface area contributed by atoms with Crippen molar-refractivity contribution in [1.29, 1.82) is 0 Å². The zero-order chi connectivity index (χ0) is 32.2. The van der Waals surface area contributed by atoms with E-state index in [1.165, 1.54) is 20.8 Å². The Morgan fingerprint density at radius 3 is 1.70 bits per heavy atom. The van der Waals surface area contributed by atoms with Crippen LogP contribution < -0.4 is 0 Å². The first-order valence-corrected chi connectivity index (χ1v) is 14.5. The highest BCUT2D eigenvalue weighted by molar-refractivity contribution is 5.90. The van der Waals surface area contributed by atoms with Crippen molar-refractivity contribution in [2.24, 2.45) is 11.3 Å². The number of rotatable bonds is 6. The van der Waals surface area contributed by atoms with Gasteiger partial charge < -0.3 is 33.9 Å². The van der Waals surface area contributed by atoms with Crippen molar-refractivity contribution in [2.45, 2.75) is 95.3 Å². The van der Waals surface area contributed by atoms with E-state index in [9.17, 15) is 29.4 Å². The Bertz CT molecular complexity index is 1440. The van der Waals surface area contributed by atoms with Crippen molar-refractivity contribution < 1.29 is 53.1 Å². The van der Waals surface area contributed by atoms with Crippen molar-refractivity contribution in [2.75, 3.05) is 0 Å². The minimum absolute atomic E-state index is 0.181. The molecule has 0 radical (unpaired) electrons. The number of hydrogen-bond acceptors (Lipinski definition) is 11. The first kappa shape index (κ1) is 31.6. The minimum atomic E-state index is -1.93. The molecular weight excluding hydrogens is 572 g/mol. The molecule has 11 nitrogen and oxygen atoms in total. The molecule has 1 spiro atoms. The van der Waals surface area contributed by atoms with Gasteiger partial charge in [-0.1, -0.05) is 36.4 Å². The second kappa shape index (κ2) is 11.0. The molecule has 2 aliphatic carbocycles. The van der Waals surface area contributed by atoms with E-state index < -0.39 is 82.5 Å². The van der Waals surface area contributed by atoms with Crippen LogP contribution in [0.15, 0.2) is 60.7 Å². The Labute approximate surface area is 255 Å². The molecule has 2 aromatic carbocycles. The fraction of sp³-hybridized carbons (Fsp3) is 0.515. The molecular formula is C33H38O11. The van der Waals surface area contributed by atoms with Gasteiger partial charge in [0.05, 0.1) is 39.8 Å². The van der Waals surface area contributed by atoms with Gasteiger partial charge in [0.15, 0.2) is 6.10 Å². The van der Waals surface area contributed by atoms with Crippen molar-refractivity contribution in [3.05, 3.63) is 71.8 Å². The van der Waals surface area contributed by atoms with Gasteiger partial charge >= 0.3 is 23.9 Å². The summed E-state index contributed by atoms with van der Waals surface area (Å²) in [4.78, 5) is 52.5. The van der Waals surface area contributed by atoms with Gasteiger partial charge in [0.25, 0.3) is 0 Å². The lowest BCUT2D eigenvalue weighted by atomic mass is 9.46. The molecule has 1 aliphatic heterocycles. The Morgan fingerprint density at radius 1 is 0.727 bits per heavy atom. The van der Waals surface area contributed by atoms with Gasteiger partial charge in [0.1, 0.15) is 23.9 Å². The van der Waals surface area contributed by atoms with E-state index in [1.807, 2.05) is 0 Å². The Hall–Kier alpha value is -3.80. The number of carbonyl (C=O) groups is 4. The highest BCUT2D eigenvalue weighted by atomic mass is 16.6. The number of carbonyl (C=O) groups excluding carboxylic acids is 4. The molecule has 2 saturated carbocycles. The monoisotopic (exact) mass is 610 g/mol. The maximum absolute atomic E-state index is 13.7. The summed E-state index contributed by atoms with van der Waals surface area (Å²) in [6, 6.07) is 16.3. The molecule has 3 fully saturated rings. The summed E-state index contributed by atoms with van der Waals surface area (Å²) in [5.74, 6) is -4.01. The van der Waals surface area contributed by atoms with E-state index in [1.54, 1.807) is 74.5 Å². The highest BCUT2D eigenvalue weighted by Gasteiger charge is 2.86. The molecule has 11 heteroatoms. The van der Waals surface area contributed by atoms with E-state index in [4.69, 9.17) is 23.7 Å². The zero-order valence-electron chi connectivity index (χ0n) is 25.5. The molecule has 2 bridgehead atoms. The summed E-state index contributed by atoms with van der Waals surface area (Å²) in [7, 11) is 0. The molecule has 0 amide bonds. The summed E-state index contributed by atoms with van der Waals surface area (Å²) >= 11 is 0. The maximum atomic E-state index is 13.7. The minimum Gasteiger partial charge on any atom is -0.459 e. The standard InChI is InChI=1S/C33H38O11/c1-18(34)40-25-22(36)17-31(5,39)33-26(41-19(2)35)23(30(3,4)44-33)24(42-28(37)20-13-9-7-10-14-20)27(32(25,33)6)43-29(38)21-15-11-8-12-16-21/h7-16,22-27,36,39H,17H2,1-6H3/t22-,23+,24-,25-,26+,27-,31+,32-,33-/m0/s1. The van der Waals surface area contributed by atoms with Gasteiger partial charge in [0.2, 0.25) is 0 Å². The number of aliphatic hydroxyl groups excluding tert-OH is 1. The van der Waals surface area contributed by atoms with Crippen LogP contribution in [0.3, 0.4) is 0 Å². The summed E-state index contributed by atoms with van der Waals surface area (Å²) in [6.45, 7) is 8.69. The van der Waals surface area contributed by atoms with Gasteiger partial charge in [-0.3, -0.25) is 9.59 Å². The summed E-state index contributed by atoms with van der Waals surface area (Å²) in [5.41, 5.74) is -6.59. The molecule has 9 atom stereocenters. The third kappa shape index (κ3) is 4.78. The highest BCUT2D eigenvalue weighted by Crippen LogP contribution is 2.69. The summed E-state index contributed by atoms with van der Waals surface area (Å²) in [5, 5.41) is 23.6. The quantitative estimate of drug-likeness (QED) is 0.366. The van der Waals surface area contributed by atoms with Crippen LogP contribution in [0.1, 0.15) is 68.7 Å². The van der Waals surface area contributed by atoms with Crippen LogP contribution in [0, 0.1) is 11.3 Å². The molecule has 1 saturated heterocycles. The molecule has 44 heavy (non-hydrogen) atoms. The van der Waals surface area contributed by atoms with Gasteiger partial charge in [-0.05, 0) is 52.0 Å². The van der Waals surface area contributed by atoms with Crippen molar-refractivity contribution in [1.82, 2.24) is 0 Å². The van der Waals surface area contributed by atoms with Gasteiger partial charge in [-0.15, -0.1) is 0 Å². The van der Waals surface area contributed by atoms with Gasteiger partial charge in [-0.2, -0.15) is 0 Å². The second-order valence-electron chi connectivity index (χ2n) is 12.8. The fourth-order valence-corrected chi connectivity index (χ4v) is 7.88. The van der Waals surface area contributed by atoms with Crippen molar-refractivity contribution in [3.8, 4) is 0 Å². The average molecular weight is 611 g/mol. The van der Waals surface area contributed by atoms with E-state index in [0.717, 1.165) is 6.92 Å². The third-order valence-corrected chi connectivity index (χ3v) is 9.43. The Kier molecular flexibility index (Phi) is 7.89. The lowest BCUT2D eigenvalue weighted by Crippen LogP contribution is -2.83. The van der Waals surface area contributed by atoms with E-state index in [2.05, 4.69) is 0 Å². The Balaban J connectivity index is 1.78. The Morgan fingerprint density at radius 2 is 1.20 bits per heavy atom. The number of ether oxygens (including phenoxy) is 5. The number of benzene rings is 2.